The van der Waals surface area contributed by atoms with E-state index in [1.807, 2.05) is 25.1 Å². The van der Waals surface area contributed by atoms with Gasteiger partial charge in [0.15, 0.2) is 0 Å². The number of anilines is 1. The summed E-state index contributed by atoms with van der Waals surface area (Å²) in [5.74, 6) is -1.54. The Hall–Kier alpha value is -3.39. The van der Waals surface area contributed by atoms with Crippen LogP contribution in [-0.4, -0.2) is 17.0 Å². The number of rotatable bonds is 5. The van der Waals surface area contributed by atoms with Crippen LogP contribution in [0.2, 0.25) is 0 Å². The van der Waals surface area contributed by atoms with E-state index in [-0.39, 0.29) is 11.1 Å². The fraction of sp³-hybridized carbons (Fsp3) is 0.105. The number of carbonyl (C=O) groups excluding carboxylic acids is 1. The monoisotopic (exact) mass is 320 g/mol. The normalized spacial score (nSPS) is 10.8. The van der Waals surface area contributed by atoms with Crippen molar-refractivity contribution in [3.8, 4) is 6.07 Å². The van der Waals surface area contributed by atoms with Crippen molar-refractivity contribution >= 4 is 23.6 Å². The van der Waals surface area contributed by atoms with Gasteiger partial charge < -0.3 is 10.4 Å². The van der Waals surface area contributed by atoms with E-state index in [4.69, 9.17) is 5.11 Å². The summed E-state index contributed by atoms with van der Waals surface area (Å²) in [5, 5.41) is 20.7. The number of aromatic carboxylic acids is 1. The van der Waals surface area contributed by atoms with E-state index in [2.05, 4.69) is 5.32 Å². The largest absolute Gasteiger partial charge is 0.478 e. The van der Waals surface area contributed by atoms with Crippen molar-refractivity contribution in [2.45, 2.75) is 13.3 Å². The van der Waals surface area contributed by atoms with Gasteiger partial charge in [-0.05, 0) is 47.9 Å². The Morgan fingerprint density at radius 3 is 2.25 bits per heavy atom. The maximum atomic E-state index is 12.2. The second-order valence-electron chi connectivity index (χ2n) is 5.10. The molecule has 0 bridgehead atoms. The first-order chi connectivity index (χ1) is 11.5. The average molecular weight is 320 g/mol. The van der Waals surface area contributed by atoms with Gasteiger partial charge in [-0.25, -0.2) is 4.79 Å². The van der Waals surface area contributed by atoms with Crippen molar-refractivity contribution in [3.63, 3.8) is 0 Å². The number of amides is 1. The molecule has 0 saturated heterocycles. The van der Waals surface area contributed by atoms with Gasteiger partial charge >= 0.3 is 5.97 Å². The third-order valence-corrected chi connectivity index (χ3v) is 3.45. The quantitative estimate of drug-likeness (QED) is 0.652. The minimum Gasteiger partial charge on any atom is -0.478 e. The van der Waals surface area contributed by atoms with Crippen LogP contribution in [0.4, 0.5) is 5.69 Å². The molecular weight excluding hydrogens is 304 g/mol. The van der Waals surface area contributed by atoms with Gasteiger partial charge in [0.2, 0.25) is 0 Å². The third kappa shape index (κ3) is 4.31. The standard InChI is InChI=1S/C19H16N2O3/c1-2-13-5-9-17(10-6-13)21-18(22)16(12-20)11-14-3-7-15(8-4-14)19(23)24/h3-11H,2H2,1H3,(H,21,22)(H,23,24)/b16-11+. The molecule has 0 aliphatic rings. The summed E-state index contributed by atoms with van der Waals surface area (Å²) in [6, 6.07) is 15.2. The van der Waals surface area contributed by atoms with Gasteiger partial charge in [-0.1, -0.05) is 31.2 Å². The molecule has 0 unspecified atom stereocenters. The second-order valence-corrected chi connectivity index (χ2v) is 5.10. The molecule has 5 heteroatoms. The summed E-state index contributed by atoms with van der Waals surface area (Å²) in [7, 11) is 0. The number of carboxylic acid groups (broad SMARTS) is 1. The molecule has 2 aromatic rings. The number of nitrogens with zero attached hydrogens (tertiary/aromatic N) is 1. The number of nitrogens with one attached hydrogen (secondary N) is 1. The molecule has 5 nitrogen and oxygen atoms in total. The van der Waals surface area contributed by atoms with E-state index >= 15 is 0 Å². The highest BCUT2D eigenvalue weighted by Crippen LogP contribution is 2.13. The molecule has 1 amide bonds. The van der Waals surface area contributed by atoms with Crippen LogP contribution in [0.5, 0.6) is 0 Å². The lowest BCUT2D eigenvalue weighted by Crippen LogP contribution is -2.13. The number of hydrogen-bond donors (Lipinski definition) is 2. The fourth-order valence-electron chi connectivity index (χ4n) is 2.06. The Balaban J connectivity index is 2.15. The summed E-state index contributed by atoms with van der Waals surface area (Å²) in [6.45, 7) is 2.04. The van der Waals surface area contributed by atoms with Crippen LogP contribution in [0.25, 0.3) is 6.08 Å². The third-order valence-electron chi connectivity index (χ3n) is 3.45. The lowest BCUT2D eigenvalue weighted by atomic mass is 10.1. The van der Waals surface area contributed by atoms with Crippen LogP contribution in [0, 0.1) is 11.3 Å². The van der Waals surface area contributed by atoms with Gasteiger partial charge in [-0.2, -0.15) is 5.26 Å². The maximum absolute atomic E-state index is 12.2. The summed E-state index contributed by atoms with van der Waals surface area (Å²) in [4.78, 5) is 23.0. The Morgan fingerprint density at radius 2 is 1.75 bits per heavy atom. The minimum absolute atomic E-state index is 0.0577. The molecule has 0 heterocycles. The number of benzene rings is 2. The average Bonchev–Trinajstić information content (AvgIpc) is 2.60. The minimum atomic E-state index is -1.03. The molecule has 0 atom stereocenters. The van der Waals surface area contributed by atoms with Crippen molar-refractivity contribution in [2.75, 3.05) is 5.32 Å². The van der Waals surface area contributed by atoms with Crippen molar-refractivity contribution < 1.29 is 14.7 Å². The Morgan fingerprint density at radius 1 is 1.12 bits per heavy atom. The van der Waals surface area contributed by atoms with Crippen molar-refractivity contribution in [3.05, 3.63) is 70.8 Å². The zero-order chi connectivity index (χ0) is 17.5. The molecule has 0 aliphatic heterocycles. The van der Waals surface area contributed by atoms with Crippen molar-refractivity contribution in [2.24, 2.45) is 0 Å². The van der Waals surface area contributed by atoms with E-state index in [1.54, 1.807) is 24.3 Å². The predicted octanol–water partition coefficient (Wildman–Crippen LogP) is 3.49. The molecule has 0 spiro atoms. The predicted molar refractivity (Wildman–Crippen MR) is 91.4 cm³/mol. The van der Waals surface area contributed by atoms with Gasteiger partial charge in [0.05, 0.1) is 5.56 Å². The molecule has 0 radical (unpaired) electrons. The van der Waals surface area contributed by atoms with Crippen LogP contribution in [0.1, 0.15) is 28.4 Å². The van der Waals surface area contributed by atoms with Crippen molar-refractivity contribution in [1.29, 1.82) is 5.26 Å². The van der Waals surface area contributed by atoms with Gasteiger partial charge in [0, 0.05) is 5.69 Å². The molecule has 24 heavy (non-hydrogen) atoms. The number of aryl methyl sites for hydroxylation is 1. The van der Waals surface area contributed by atoms with Crippen LogP contribution in [0.15, 0.2) is 54.1 Å². The van der Waals surface area contributed by atoms with E-state index < -0.39 is 11.9 Å². The van der Waals surface area contributed by atoms with Crippen LogP contribution in [0.3, 0.4) is 0 Å². The molecule has 0 fully saturated rings. The molecule has 0 saturated carbocycles. The van der Waals surface area contributed by atoms with E-state index in [9.17, 15) is 14.9 Å². The van der Waals surface area contributed by atoms with E-state index in [1.165, 1.54) is 18.2 Å². The van der Waals surface area contributed by atoms with Gasteiger partial charge in [0.1, 0.15) is 11.6 Å². The molecule has 2 aromatic carbocycles. The van der Waals surface area contributed by atoms with Gasteiger partial charge in [-0.3, -0.25) is 4.79 Å². The SMILES string of the molecule is CCc1ccc(NC(=O)/C(C#N)=C/c2ccc(C(=O)O)cc2)cc1. The van der Waals surface area contributed by atoms with Gasteiger partial charge in [-0.15, -0.1) is 0 Å². The Labute approximate surface area is 139 Å². The molecule has 2 rings (SSSR count). The molecular formula is C19H16N2O3. The Kier molecular flexibility index (Phi) is 5.48. The zero-order valence-corrected chi connectivity index (χ0v) is 13.1. The first kappa shape index (κ1) is 17.0. The first-order valence-electron chi connectivity index (χ1n) is 7.39. The highest BCUT2D eigenvalue weighted by Gasteiger charge is 2.10. The van der Waals surface area contributed by atoms with Crippen LogP contribution >= 0.6 is 0 Å². The molecule has 120 valence electrons. The number of nitriles is 1. The number of carbonyl (C=O) groups is 2. The van der Waals surface area contributed by atoms with Crippen LogP contribution in [-0.2, 0) is 11.2 Å². The number of hydrogen-bond acceptors (Lipinski definition) is 3. The maximum Gasteiger partial charge on any atom is 0.335 e. The fourth-order valence-corrected chi connectivity index (χ4v) is 2.06. The Bertz CT molecular complexity index is 813. The summed E-state index contributed by atoms with van der Waals surface area (Å²) in [5.41, 5.74) is 2.43. The summed E-state index contributed by atoms with van der Waals surface area (Å²) >= 11 is 0. The van der Waals surface area contributed by atoms with E-state index in [0.29, 0.717) is 11.3 Å². The summed E-state index contributed by atoms with van der Waals surface area (Å²) < 4.78 is 0. The molecule has 2 N–H and O–H groups in total. The van der Waals surface area contributed by atoms with E-state index in [0.717, 1.165) is 12.0 Å². The van der Waals surface area contributed by atoms with Crippen LogP contribution < -0.4 is 5.32 Å². The first-order valence-corrected chi connectivity index (χ1v) is 7.39. The highest BCUT2D eigenvalue weighted by atomic mass is 16.4. The van der Waals surface area contributed by atoms with Crippen molar-refractivity contribution in [1.82, 2.24) is 0 Å². The lowest BCUT2D eigenvalue weighted by molar-refractivity contribution is -0.112. The molecule has 0 aromatic heterocycles. The molecule has 0 aliphatic carbocycles. The summed E-state index contributed by atoms with van der Waals surface area (Å²) in [6.07, 6.45) is 2.32. The second kappa shape index (κ2) is 7.75. The lowest BCUT2D eigenvalue weighted by Gasteiger charge is -2.05. The zero-order valence-electron chi connectivity index (χ0n) is 13.1. The van der Waals surface area contributed by atoms with Gasteiger partial charge in [0.25, 0.3) is 5.91 Å². The smallest absolute Gasteiger partial charge is 0.335 e. The number of carboxylic acids is 1. The topological polar surface area (TPSA) is 90.2 Å². The highest BCUT2D eigenvalue weighted by molar-refractivity contribution is 6.09.